The fourth-order valence-corrected chi connectivity index (χ4v) is 3.89. The molecule has 0 atom stereocenters. The summed E-state index contributed by atoms with van der Waals surface area (Å²) in [4.78, 5) is 6.65. The average Bonchev–Trinajstić information content (AvgIpc) is 2.64. The number of aryl methyl sites for hydroxylation is 1. The van der Waals surface area contributed by atoms with Crippen LogP contribution in [0.5, 0.6) is 0 Å². The van der Waals surface area contributed by atoms with E-state index in [0.29, 0.717) is 29.5 Å². The van der Waals surface area contributed by atoms with E-state index in [1.165, 1.54) is 29.5 Å². The van der Waals surface area contributed by atoms with Crippen LogP contribution in [0.1, 0.15) is 16.7 Å². The largest absolute Gasteiger partial charge is 0.352 e. The van der Waals surface area contributed by atoms with Gasteiger partial charge in [-0.05, 0) is 29.7 Å². The smallest absolute Gasteiger partial charge is 0.242 e. The van der Waals surface area contributed by atoms with Crippen LogP contribution in [0.25, 0.3) is 0 Å². The first kappa shape index (κ1) is 20.9. The summed E-state index contributed by atoms with van der Waals surface area (Å²) in [5.41, 5.74) is 3.15. The normalized spacial score (nSPS) is 12.3. The maximum absolute atomic E-state index is 12.5. The number of nitrogens with one attached hydrogen (secondary N) is 1. The molecule has 7 heteroatoms. The highest BCUT2D eigenvalue weighted by atomic mass is 32.2. The minimum atomic E-state index is -3.50. The topological polar surface area (TPSA) is 65.0 Å². The molecular weight excluding hydrogens is 360 g/mol. The molecule has 0 amide bonds. The highest BCUT2D eigenvalue weighted by molar-refractivity contribution is 7.89. The van der Waals surface area contributed by atoms with Gasteiger partial charge in [-0.25, -0.2) is 12.7 Å². The molecule has 0 aliphatic carbocycles. The maximum Gasteiger partial charge on any atom is 0.242 e. The molecule has 6 nitrogen and oxygen atoms in total. The summed E-state index contributed by atoms with van der Waals surface area (Å²) in [6.45, 7) is 3.17. The lowest BCUT2D eigenvalue weighted by Gasteiger charge is -2.23. The minimum absolute atomic E-state index is 0.305. The van der Waals surface area contributed by atoms with Crippen molar-refractivity contribution in [3.05, 3.63) is 65.2 Å². The number of nitrogens with zero attached hydrogens (tertiary/aromatic N) is 3. The monoisotopic (exact) mass is 388 g/mol. The molecule has 0 saturated heterocycles. The van der Waals surface area contributed by atoms with E-state index in [9.17, 15) is 8.42 Å². The van der Waals surface area contributed by atoms with Crippen LogP contribution < -0.4 is 5.32 Å². The van der Waals surface area contributed by atoms with E-state index in [2.05, 4.69) is 29.4 Å². The van der Waals surface area contributed by atoms with Crippen molar-refractivity contribution in [3.63, 3.8) is 0 Å². The predicted octanol–water partition coefficient (Wildman–Crippen LogP) is 2.45. The lowest BCUT2D eigenvalue weighted by Crippen LogP contribution is -2.38. The summed E-state index contributed by atoms with van der Waals surface area (Å²) in [7, 11) is 3.26. The fraction of sp³-hybridized carbons (Fsp3) is 0.350. The summed E-state index contributed by atoms with van der Waals surface area (Å²) in [5, 5.41) is 3.27. The number of guanidine groups is 1. The maximum atomic E-state index is 12.5. The molecule has 27 heavy (non-hydrogen) atoms. The van der Waals surface area contributed by atoms with Crippen LogP contribution in [0, 0.1) is 6.92 Å². The number of hydrogen-bond donors (Lipinski definition) is 1. The highest BCUT2D eigenvalue weighted by Gasteiger charge is 2.20. The Morgan fingerprint density at radius 3 is 2.19 bits per heavy atom. The van der Waals surface area contributed by atoms with Gasteiger partial charge < -0.3 is 10.2 Å². The van der Waals surface area contributed by atoms with Crippen LogP contribution in [0.2, 0.25) is 0 Å². The molecule has 146 valence electrons. The van der Waals surface area contributed by atoms with E-state index in [1.54, 1.807) is 19.2 Å². The van der Waals surface area contributed by atoms with Gasteiger partial charge in [0.15, 0.2) is 5.96 Å². The molecule has 0 aliphatic heterocycles. The van der Waals surface area contributed by atoms with Crippen LogP contribution in [0.15, 0.2) is 58.4 Å². The molecular formula is C20H28N4O2S. The summed E-state index contributed by atoms with van der Waals surface area (Å²) in [5.74, 6) is 0.704. The Kier molecular flexibility index (Phi) is 6.98. The Hall–Kier alpha value is -2.38. The Morgan fingerprint density at radius 2 is 1.59 bits per heavy atom. The van der Waals surface area contributed by atoms with Crippen molar-refractivity contribution in [3.8, 4) is 0 Å². The lowest BCUT2D eigenvalue weighted by molar-refractivity contribution is 0.474. The van der Waals surface area contributed by atoms with Gasteiger partial charge in [0.05, 0.1) is 4.90 Å². The number of benzene rings is 2. The summed E-state index contributed by atoms with van der Waals surface area (Å²) >= 11 is 0. The molecule has 0 aliphatic rings. The van der Waals surface area contributed by atoms with Crippen molar-refractivity contribution in [2.45, 2.75) is 24.9 Å². The van der Waals surface area contributed by atoms with Gasteiger partial charge in [-0.15, -0.1) is 0 Å². The molecule has 0 bridgehead atoms. The predicted molar refractivity (Wildman–Crippen MR) is 110 cm³/mol. The van der Waals surface area contributed by atoms with Crippen molar-refractivity contribution in [2.75, 3.05) is 28.2 Å². The highest BCUT2D eigenvalue weighted by Crippen LogP contribution is 2.18. The Balaban J connectivity index is 2.14. The molecule has 0 aromatic heterocycles. The van der Waals surface area contributed by atoms with Gasteiger partial charge >= 0.3 is 0 Å². The van der Waals surface area contributed by atoms with E-state index in [0.717, 1.165) is 0 Å². The number of hydrogen-bond acceptors (Lipinski definition) is 3. The standard InChI is InChI=1S/C20H28N4O2S/c1-16-10-6-7-12-18(16)15-24(5)20(21-2)22-14-17-11-8-9-13-19(17)27(25,26)23(3)4/h6-13H,14-15H2,1-5H3,(H,21,22). The number of aliphatic imine (C=N–C) groups is 1. The van der Waals surface area contributed by atoms with Gasteiger partial charge in [-0.2, -0.15) is 0 Å². The van der Waals surface area contributed by atoms with Gasteiger partial charge in [-0.3, -0.25) is 4.99 Å². The SMILES string of the molecule is CN=C(NCc1ccccc1S(=O)(=O)N(C)C)N(C)Cc1ccccc1C. The summed E-state index contributed by atoms with van der Waals surface area (Å²) in [6.07, 6.45) is 0. The van der Waals surface area contributed by atoms with Crippen molar-refractivity contribution >= 4 is 16.0 Å². The van der Waals surface area contributed by atoms with Gasteiger partial charge in [0, 0.05) is 41.3 Å². The van der Waals surface area contributed by atoms with Crippen molar-refractivity contribution in [1.82, 2.24) is 14.5 Å². The molecule has 0 heterocycles. The summed E-state index contributed by atoms with van der Waals surface area (Å²) in [6, 6.07) is 15.2. The second-order valence-electron chi connectivity index (χ2n) is 6.58. The second kappa shape index (κ2) is 9.01. The quantitative estimate of drug-likeness (QED) is 0.610. The average molecular weight is 389 g/mol. The zero-order chi connectivity index (χ0) is 20.0. The third kappa shape index (κ3) is 5.08. The van der Waals surface area contributed by atoms with E-state index >= 15 is 0 Å². The first-order chi connectivity index (χ1) is 12.8. The molecule has 2 rings (SSSR count). The molecule has 2 aromatic carbocycles. The summed E-state index contributed by atoms with van der Waals surface area (Å²) < 4.78 is 26.3. The van der Waals surface area contributed by atoms with Crippen LogP contribution in [0.3, 0.4) is 0 Å². The van der Waals surface area contributed by atoms with E-state index in [4.69, 9.17) is 0 Å². The van der Waals surface area contributed by atoms with Gasteiger partial charge in [0.2, 0.25) is 10.0 Å². The molecule has 0 fully saturated rings. The number of sulfonamides is 1. The molecule has 0 spiro atoms. The lowest BCUT2D eigenvalue weighted by atomic mass is 10.1. The van der Waals surface area contributed by atoms with Crippen molar-refractivity contribution < 1.29 is 8.42 Å². The van der Waals surface area contributed by atoms with Crippen LogP contribution in [0.4, 0.5) is 0 Å². The Bertz CT molecular complexity index is 908. The Morgan fingerprint density at radius 1 is 1.00 bits per heavy atom. The minimum Gasteiger partial charge on any atom is -0.352 e. The zero-order valence-electron chi connectivity index (χ0n) is 16.6. The van der Waals surface area contributed by atoms with E-state index in [-0.39, 0.29) is 0 Å². The first-order valence-electron chi connectivity index (χ1n) is 8.74. The van der Waals surface area contributed by atoms with Crippen LogP contribution in [-0.2, 0) is 23.1 Å². The van der Waals surface area contributed by atoms with Crippen molar-refractivity contribution in [1.29, 1.82) is 0 Å². The molecule has 0 unspecified atom stereocenters. The molecule has 1 N–H and O–H groups in total. The second-order valence-corrected chi connectivity index (χ2v) is 8.70. The zero-order valence-corrected chi connectivity index (χ0v) is 17.4. The van der Waals surface area contributed by atoms with Crippen molar-refractivity contribution in [2.24, 2.45) is 4.99 Å². The van der Waals surface area contributed by atoms with E-state index in [1.807, 2.05) is 36.2 Å². The van der Waals surface area contributed by atoms with Crippen LogP contribution in [-0.4, -0.2) is 51.8 Å². The van der Waals surface area contributed by atoms with E-state index < -0.39 is 10.0 Å². The fourth-order valence-electron chi connectivity index (χ4n) is 2.78. The van der Waals surface area contributed by atoms with Crippen LogP contribution >= 0.6 is 0 Å². The molecule has 0 saturated carbocycles. The molecule has 2 aromatic rings. The van der Waals surface area contributed by atoms with Gasteiger partial charge in [0.1, 0.15) is 0 Å². The number of rotatable bonds is 6. The Labute approximate surface area is 162 Å². The first-order valence-corrected chi connectivity index (χ1v) is 10.2. The van der Waals surface area contributed by atoms with Gasteiger partial charge in [-0.1, -0.05) is 42.5 Å². The third-order valence-corrected chi connectivity index (χ3v) is 6.33. The van der Waals surface area contributed by atoms with Gasteiger partial charge in [0.25, 0.3) is 0 Å². The third-order valence-electron chi connectivity index (χ3n) is 4.41. The molecule has 0 radical (unpaired) electrons.